The van der Waals surface area contributed by atoms with E-state index in [2.05, 4.69) is 20.1 Å². The minimum atomic E-state index is -1.14. The molecule has 3 unspecified atom stereocenters. The Balaban J connectivity index is 1.86. The second kappa shape index (κ2) is 12.5. The van der Waals surface area contributed by atoms with Gasteiger partial charge in [-0.3, -0.25) is 14.4 Å². The summed E-state index contributed by atoms with van der Waals surface area (Å²) < 4.78 is 6.97. The number of carbonyl (C=O) groups is 3. The van der Waals surface area contributed by atoms with Crippen LogP contribution in [-0.2, 0) is 19.1 Å². The second-order valence-electron chi connectivity index (χ2n) is 11.8. The first-order valence-electron chi connectivity index (χ1n) is 15.2. The normalized spacial score (nSPS) is 29.6. The molecule has 7 atom stereocenters. The highest BCUT2D eigenvalue weighted by molar-refractivity contribution is 6.03. The van der Waals surface area contributed by atoms with Crippen LogP contribution < -0.4 is 4.90 Å². The summed E-state index contributed by atoms with van der Waals surface area (Å²) in [6, 6.07) is 7.85. The van der Waals surface area contributed by atoms with Crippen molar-refractivity contribution >= 4 is 23.4 Å². The van der Waals surface area contributed by atoms with Crippen LogP contribution in [0.1, 0.15) is 66.2 Å². The van der Waals surface area contributed by atoms with Gasteiger partial charge in [-0.15, -0.1) is 13.2 Å². The number of likely N-dealkylation sites (tertiary alicyclic amines) is 1. The molecule has 2 bridgehead atoms. The number of fused-ring (bicyclic) bond motifs is 1. The third-order valence-electron chi connectivity index (χ3n) is 9.69. The van der Waals surface area contributed by atoms with Crippen LogP contribution in [-0.4, -0.2) is 81.7 Å². The topological polar surface area (TPSA) is 90.4 Å². The van der Waals surface area contributed by atoms with Gasteiger partial charge in [0.05, 0.1) is 30.1 Å². The van der Waals surface area contributed by atoms with Gasteiger partial charge in [-0.25, -0.2) is 0 Å². The Bertz CT molecular complexity index is 1140. The van der Waals surface area contributed by atoms with E-state index < -0.39 is 35.1 Å². The molecule has 4 rings (SSSR count). The molecule has 3 amide bonds. The predicted molar refractivity (Wildman–Crippen MR) is 160 cm³/mol. The lowest BCUT2D eigenvalue weighted by molar-refractivity contribution is -0.157. The molecule has 0 aliphatic carbocycles. The highest BCUT2D eigenvalue weighted by Gasteiger charge is 2.79. The summed E-state index contributed by atoms with van der Waals surface area (Å²) in [5, 5.41) is 10.4. The smallest absolute Gasteiger partial charge is 0.248 e. The first kappa shape index (κ1) is 31.0. The molecule has 1 aromatic carbocycles. The lowest BCUT2D eigenvalue weighted by Gasteiger charge is -2.41. The monoisotopic (exact) mass is 565 g/mol. The first-order chi connectivity index (χ1) is 19.7. The molecule has 1 spiro atoms. The number of carbonyl (C=O) groups excluding carboxylic acids is 3. The number of aliphatic hydroxyl groups is 1. The zero-order valence-electron chi connectivity index (χ0n) is 25.1. The molecule has 1 aromatic rings. The molecule has 224 valence electrons. The average Bonchev–Trinajstić information content (AvgIpc) is 3.59. The number of aliphatic hydroxyl groups excluding tert-OH is 1. The molecule has 3 saturated heterocycles. The van der Waals surface area contributed by atoms with Crippen LogP contribution in [0, 0.1) is 11.8 Å². The van der Waals surface area contributed by atoms with E-state index in [4.69, 9.17) is 4.74 Å². The van der Waals surface area contributed by atoms with E-state index in [1.165, 1.54) is 0 Å². The highest BCUT2D eigenvalue weighted by Crippen LogP contribution is 2.65. The zero-order valence-corrected chi connectivity index (χ0v) is 25.1. The Morgan fingerprint density at radius 2 is 1.80 bits per heavy atom. The van der Waals surface area contributed by atoms with Crippen LogP contribution in [0.4, 0.5) is 5.69 Å². The fraction of sp³-hybridized carbons (Fsp3) is 0.606. The summed E-state index contributed by atoms with van der Waals surface area (Å²) in [4.78, 5) is 48.8. The quantitative estimate of drug-likeness (QED) is 0.339. The summed E-state index contributed by atoms with van der Waals surface area (Å²) in [5.74, 6) is -2.23. The molecule has 0 saturated carbocycles. The Kier molecular flexibility index (Phi) is 9.44. The lowest BCUT2D eigenvalue weighted by Crippen LogP contribution is -2.60. The van der Waals surface area contributed by atoms with E-state index in [1.807, 2.05) is 51.1 Å². The molecule has 8 heteroatoms. The molecular weight excluding hydrogens is 518 g/mol. The van der Waals surface area contributed by atoms with Gasteiger partial charge >= 0.3 is 0 Å². The third kappa shape index (κ3) is 4.93. The molecule has 8 nitrogen and oxygen atoms in total. The van der Waals surface area contributed by atoms with Crippen molar-refractivity contribution in [2.24, 2.45) is 11.8 Å². The number of anilines is 1. The van der Waals surface area contributed by atoms with Crippen LogP contribution in [0.2, 0.25) is 0 Å². The third-order valence-corrected chi connectivity index (χ3v) is 9.69. The van der Waals surface area contributed by atoms with Crippen molar-refractivity contribution in [2.45, 2.75) is 95.5 Å². The van der Waals surface area contributed by atoms with Crippen molar-refractivity contribution in [1.29, 1.82) is 0 Å². The fourth-order valence-electron chi connectivity index (χ4n) is 7.70. The SMILES string of the molecule is C=CCN(C(=O)[C@@H]1[C@H]2C(=O)N([C@@H](CC)CO)C(C(=O)N(CC=C)C(C)CCC)C23CC[C@@]1(CC)O3)c1ccccc1. The van der Waals surface area contributed by atoms with Gasteiger partial charge in [0.25, 0.3) is 0 Å². The van der Waals surface area contributed by atoms with Gasteiger partial charge in [0.2, 0.25) is 17.7 Å². The maximum absolute atomic E-state index is 14.6. The number of rotatable bonds is 14. The minimum absolute atomic E-state index is 0.0653. The largest absolute Gasteiger partial charge is 0.394 e. The van der Waals surface area contributed by atoms with Crippen molar-refractivity contribution in [3.63, 3.8) is 0 Å². The van der Waals surface area contributed by atoms with Gasteiger partial charge in [0.15, 0.2) is 0 Å². The van der Waals surface area contributed by atoms with Crippen LogP contribution in [0.15, 0.2) is 55.6 Å². The van der Waals surface area contributed by atoms with Gasteiger partial charge in [-0.05, 0) is 51.2 Å². The van der Waals surface area contributed by atoms with Crippen LogP contribution >= 0.6 is 0 Å². The summed E-state index contributed by atoms with van der Waals surface area (Å²) in [7, 11) is 0. The molecule has 41 heavy (non-hydrogen) atoms. The number of hydrogen-bond donors (Lipinski definition) is 1. The molecular formula is C33H47N3O5. The van der Waals surface area contributed by atoms with E-state index in [0.717, 1.165) is 18.5 Å². The average molecular weight is 566 g/mol. The van der Waals surface area contributed by atoms with Crippen molar-refractivity contribution in [3.05, 3.63) is 55.6 Å². The van der Waals surface area contributed by atoms with Crippen LogP contribution in [0.5, 0.6) is 0 Å². The summed E-state index contributed by atoms with van der Waals surface area (Å²) >= 11 is 0. The van der Waals surface area contributed by atoms with E-state index >= 15 is 0 Å². The summed E-state index contributed by atoms with van der Waals surface area (Å²) in [5.41, 5.74) is -1.27. The van der Waals surface area contributed by atoms with Gasteiger partial charge in [-0.1, -0.05) is 57.5 Å². The van der Waals surface area contributed by atoms with Crippen LogP contribution in [0.3, 0.4) is 0 Å². The number of hydrogen-bond acceptors (Lipinski definition) is 5. The molecule has 0 radical (unpaired) electrons. The number of benzene rings is 1. The second-order valence-corrected chi connectivity index (χ2v) is 11.8. The molecule has 3 aliphatic rings. The predicted octanol–water partition coefficient (Wildman–Crippen LogP) is 4.33. The van der Waals surface area contributed by atoms with Gasteiger partial charge in [0, 0.05) is 24.8 Å². The van der Waals surface area contributed by atoms with E-state index in [0.29, 0.717) is 32.2 Å². The van der Waals surface area contributed by atoms with Gasteiger partial charge in [-0.2, -0.15) is 0 Å². The minimum Gasteiger partial charge on any atom is -0.394 e. The summed E-state index contributed by atoms with van der Waals surface area (Å²) in [6.45, 7) is 16.1. The van der Waals surface area contributed by atoms with Gasteiger partial charge < -0.3 is 24.5 Å². The standard InChI is InChI=1S/C33H47N3O5/c1-7-15-23(6)34(20-8-2)31(40)28-33-19-18-32(11-5,41-33)26(27(33)30(39)36(28)24(10-4)22-37)29(38)35(21-9-3)25-16-13-12-14-17-25/h8-9,12-14,16-17,23-24,26-28,37H,2-3,7,10-11,15,18-22H2,1,4-6H3/t23?,24-,26-,27-,28?,32+,33?/m0/s1. The summed E-state index contributed by atoms with van der Waals surface area (Å²) in [6.07, 6.45) is 7.22. The Morgan fingerprint density at radius 3 is 2.37 bits per heavy atom. The van der Waals surface area contributed by atoms with Crippen molar-refractivity contribution in [3.8, 4) is 0 Å². The fourth-order valence-corrected chi connectivity index (χ4v) is 7.70. The van der Waals surface area contributed by atoms with E-state index in [9.17, 15) is 19.5 Å². The molecule has 3 fully saturated rings. The van der Waals surface area contributed by atoms with E-state index in [1.54, 1.807) is 26.9 Å². The van der Waals surface area contributed by atoms with Crippen LogP contribution in [0.25, 0.3) is 0 Å². The Morgan fingerprint density at radius 1 is 1.12 bits per heavy atom. The van der Waals surface area contributed by atoms with Crippen molar-refractivity contribution in [2.75, 3.05) is 24.6 Å². The zero-order chi connectivity index (χ0) is 29.9. The van der Waals surface area contributed by atoms with Gasteiger partial charge in [0.1, 0.15) is 11.6 Å². The Labute approximate surface area is 245 Å². The molecule has 3 heterocycles. The van der Waals surface area contributed by atoms with Crippen molar-refractivity contribution < 1.29 is 24.2 Å². The van der Waals surface area contributed by atoms with E-state index in [-0.39, 0.29) is 36.9 Å². The molecule has 0 aromatic heterocycles. The lowest BCUT2D eigenvalue weighted by atomic mass is 9.64. The maximum Gasteiger partial charge on any atom is 0.248 e. The Hall–Kier alpha value is -2.97. The number of ether oxygens (including phenoxy) is 1. The highest BCUT2D eigenvalue weighted by atomic mass is 16.5. The number of para-hydroxylation sites is 1. The number of nitrogens with zero attached hydrogens (tertiary/aromatic N) is 3. The van der Waals surface area contributed by atoms with Crippen molar-refractivity contribution in [1.82, 2.24) is 9.80 Å². The number of amides is 3. The molecule has 1 N–H and O–H groups in total. The maximum atomic E-state index is 14.6. The molecule has 3 aliphatic heterocycles. The first-order valence-corrected chi connectivity index (χ1v) is 15.2.